The number of nitriles is 1. The number of rotatable bonds is 6. The monoisotopic (exact) mass is 426 g/mol. The lowest BCUT2D eigenvalue weighted by Gasteiger charge is -2.38. The van der Waals surface area contributed by atoms with Crippen molar-refractivity contribution in [1.82, 2.24) is 0 Å². The average Bonchev–Trinajstić information content (AvgIpc) is 3.01. The Balaban J connectivity index is 1.61. The Morgan fingerprint density at radius 2 is 1.93 bits per heavy atom. The third-order valence-electron chi connectivity index (χ3n) is 5.17. The van der Waals surface area contributed by atoms with Crippen molar-refractivity contribution in [2.75, 3.05) is 11.9 Å². The Bertz CT molecular complexity index is 987. The van der Waals surface area contributed by atoms with E-state index in [2.05, 4.69) is 44.4 Å². The fraction of sp³-hybridized carbons (Fsp3) is 0.435. The Hall–Kier alpha value is -2.69. The molecule has 0 aliphatic carbocycles. The highest BCUT2D eigenvalue weighted by Crippen LogP contribution is 2.41. The first-order valence-electron chi connectivity index (χ1n) is 10.0. The number of aryl methyl sites for hydroxylation is 1. The summed E-state index contributed by atoms with van der Waals surface area (Å²) >= 11 is 1.44. The van der Waals surface area contributed by atoms with Gasteiger partial charge in [-0.25, -0.2) is 0 Å². The SMILES string of the molecule is CC1(C)Cc2c(sc(NC(=O)COC(=O)CCc3ccccc3)c2C#N)C(C)(C)[NH2+]1. The van der Waals surface area contributed by atoms with Gasteiger partial charge in [0, 0.05) is 12.8 Å². The third kappa shape index (κ3) is 5.07. The van der Waals surface area contributed by atoms with Gasteiger partial charge in [-0.2, -0.15) is 5.26 Å². The molecule has 30 heavy (non-hydrogen) atoms. The molecule has 0 atom stereocenters. The van der Waals surface area contributed by atoms with Gasteiger partial charge in [0.1, 0.15) is 16.6 Å². The number of benzene rings is 1. The van der Waals surface area contributed by atoms with Crippen LogP contribution in [0.15, 0.2) is 30.3 Å². The third-order valence-corrected chi connectivity index (χ3v) is 6.65. The fourth-order valence-corrected chi connectivity index (χ4v) is 5.44. The molecule has 0 saturated carbocycles. The van der Waals surface area contributed by atoms with Crippen molar-refractivity contribution in [1.29, 1.82) is 5.26 Å². The number of thiophene rings is 1. The molecule has 6 nitrogen and oxygen atoms in total. The summed E-state index contributed by atoms with van der Waals surface area (Å²) < 4.78 is 5.11. The zero-order chi connectivity index (χ0) is 21.9. The Morgan fingerprint density at radius 1 is 1.23 bits per heavy atom. The molecule has 1 aliphatic heterocycles. The van der Waals surface area contributed by atoms with E-state index in [0.29, 0.717) is 17.0 Å². The molecule has 1 aromatic carbocycles. The molecule has 3 rings (SSSR count). The van der Waals surface area contributed by atoms with Crippen LogP contribution in [0.2, 0.25) is 0 Å². The minimum Gasteiger partial charge on any atom is -0.456 e. The van der Waals surface area contributed by atoms with Crippen molar-refractivity contribution in [3.05, 3.63) is 51.9 Å². The summed E-state index contributed by atoms with van der Waals surface area (Å²) in [5.41, 5.74) is 2.37. The first-order valence-corrected chi connectivity index (χ1v) is 10.9. The van der Waals surface area contributed by atoms with E-state index in [1.54, 1.807) is 0 Å². The number of carbonyl (C=O) groups excluding carboxylic acids is 2. The normalized spacial score (nSPS) is 16.2. The van der Waals surface area contributed by atoms with Gasteiger partial charge in [0.05, 0.1) is 16.0 Å². The van der Waals surface area contributed by atoms with Crippen LogP contribution in [0.25, 0.3) is 0 Å². The largest absolute Gasteiger partial charge is 0.456 e. The average molecular weight is 427 g/mol. The van der Waals surface area contributed by atoms with Crippen LogP contribution in [0.4, 0.5) is 5.00 Å². The summed E-state index contributed by atoms with van der Waals surface area (Å²) in [5, 5.41) is 15.3. The van der Waals surface area contributed by atoms with Crippen molar-refractivity contribution < 1.29 is 19.6 Å². The molecule has 0 bridgehead atoms. The maximum Gasteiger partial charge on any atom is 0.306 e. The quantitative estimate of drug-likeness (QED) is 0.694. The van der Waals surface area contributed by atoms with Crippen LogP contribution < -0.4 is 10.6 Å². The topological polar surface area (TPSA) is 95.8 Å². The van der Waals surface area contributed by atoms with E-state index in [0.717, 1.165) is 22.4 Å². The van der Waals surface area contributed by atoms with Crippen LogP contribution >= 0.6 is 11.3 Å². The van der Waals surface area contributed by atoms with E-state index in [1.165, 1.54) is 11.3 Å². The fourth-order valence-electron chi connectivity index (χ4n) is 4.18. The van der Waals surface area contributed by atoms with E-state index < -0.39 is 11.9 Å². The highest BCUT2D eigenvalue weighted by Gasteiger charge is 2.44. The molecule has 0 fully saturated rings. The number of hydrogen-bond acceptors (Lipinski definition) is 5. The number of anilines is 1. The van der Waals surface area contributed by atoms with Crippen molar-refractivity contribution >= 4 is 28.2 Å². The lowest BCUT2D eigenvalue weighted by atomic mass is 9.81. The van der Waals surface area contributed by atoms with Gasteiger partial charge in [0.25, 0.3) is 5.91 Å². The molecule has 0 unspecified atom stereocenters. The number of ether oxygens (including phenoxy) is 1. The van der Waals surface area contributed by atoms with Crippen molar-refractivity contribution in [3.8, 4) is 6.07 Å². The number of nitrogens with two attached hydrogens (primary N) is 1. The first kappa shape index (κ1) is 22.0. The molecule has 0 saturated heterocycles. The van der Waals surface area contributed by atoms with E-state index >= 15 is 0 Å². The lowest BCUT2D eigenvalue weighted by molar-refractivity contribution is -0.789. The first-order chi connectivity index (χ1) is 14.1. The number of nitrogens with one attached hydrogen (secondary N) is 1. The molecule has 0 radical (unpaired) electrons. The second-order valence-electron chi connectivity index (χ2n) is 8.95. The highest BCUT2D eigenvalue weighted by molar-refractivity contribution is 7.16. The predicted octanol–water partition coefficient (Wildman–Crippen LogP) is 2.87. The number of fused-ring (bicyclic) bond motifs is 1. The van der Waals surface area contributed by atoms with Crippen LogP contribution in [-0.4, -0.2) is 24.0 Å². The molecular formula is C23H28N3O3S+. The van der Waals surface area contributed by atoms with Gasteiger partial charge in [-0.1, -0.05) is 30.3 Å². The summed E-state index contributed by atoms with van der Waals surface area (Å²) in [6.07, 6.45) is 1.54. The summed E-state index contributed by atoms with van der Waals surface area (Å²) in [7, 11) is 0. The summed E-state index contributed by atoms with van der Waals surface area (Å²) in [6, 6.07) is 11.9. The number of quaternary nitrogens is 1. The maximum atomic E-state index is 12.4. The van der Waals surface area contributed by atoms with Crippen molar-refractivity contribution in [2.24, 2.45) is 0 Å². The number of nitrogens with zero attached hydrogens (tertiary/aromatic N) is 1. The molecule has 1 aliphatic rings. The molecule has 7 heteroatoms. The molecule has 3 N–H and O–H groups in total. The minimum absolute atomic E-state index is 0.0290. The number of carbonyl (C=O) groups is 2. The van der Waals surface area contributed by atoms with Gasteiger partial charge in [-0.3, -0.25) is 9.59 Å². The van der Waals surface area contributed by atoms with Gasteiger partial charge in [0.15, 0.2) is 6.61 Å². The van der Waals surface area contributed by atoms with E-state index in [1.807, 2.05) is 30.3 Å². The van der Waals surface area contributed by atoms with E-state index in [-0.39, 0.29) is 24.1 Å². The Labute approximate surface area is 181 Å². The van der Waals surface area contributed by atoms with Gasteiger partial charge in [-0.05, 0) is 45.2 Å². The van der Waals surface area contributed by atoms with E-state index in [9.17, 15) is 14.9 Å². The predicted molar refractivity (Wildman–Crippen MR) is 116 cm³/mol. The lowest BCUT2D eigenvalue weighted by Crippen LogP contribution is -3.03. The summed E-state index contributed by atoms with van der Waals surface area (Å²) in [6.45, 7) is 8.21. The van der Waals surface area contributed by atoms with Gasteiger partial charge in [0.2, 0.25) is 0 Å². The van der Waals surface area contributed by atoms with Gasteiger partial charge >= 0.3 is 5.97 Å². The smallest absolute Gasteiger partial charge is 0.306 e. The molecule has 2 aromatic rings. The standard InChI is InChI=1S/C23H27N3O3S/c1-22(2)12-16-17(13-24)21(30-20(16)23(3,4)26-22)25-18(27)14-29-19(28)11-10-15-8-6-5-7-9-15/h5-9,26H,10-12,14H2,1-4H3,(H,25,27)/p+1. The van der Waals surface area contributed by atoms with Gasteiger partial charge in [-0.15, -0.1) is 11.3 Å². The molecular weight excluding hydrogens is 398 g/mol. The molecule has 1 amide bonds. The molecule has 2 heterocycles. The maximum absolute atomic E-state index is 12.4. The van der Waals surface area contributed by atoms with Crippen LogP contribution in [0, 0.1) is 11.3 Å². The molecule has 158 valence electrons. The Kier molecular flexibility index (Phi) is 6.30. The number of hydrogen-bond donors (Lipinski definition) is 2. The summed E-state index contributed by atoms with van der Waals surface area (Å²) in [4.78, 5) is 25.4. The summed E-state index contributed by atoms with van der Waals surface area (Å²) in [5.74, 6) is -0.850. The van der Waals surface area contributed by atoms with Gasteiger partial charge < -0.3 is 15.4 Å². The Morgan fingerprint density at radius 3 is 2.60 bits per heavy atom. The van der Waals surface area contributed by atoms with Crippen LogP contribution in [0.5, 0.6) is 0 Å². The molecule has 1 aromatic heterocycles. The minimum atomic E-state index is -0.431. The van der Waals surface area contributed by atoms with Crippen LogP contribution in [0.3, 0.4) is 0 Å². The van der Waals surface area contributed by atoms with Crippen LogP contribution in [0.1, 0.15) is 55.7 Å². The number of esters is 1. The van der Waals surface area contributed by atoms with E-state index in [4.69, 9.17) is 4.74 Å². The second kappa shape index (κ2) is 8.58. The van der Waals surface area contributed by atoms with Crippen molar-refractivity contribution in [2.45, 2.75) is 58.0 Å². The zero-order valence-electron chi connectivity index (χ0n) is 17.9. The van der Waals surface area contributed by atoms with Crippen molar-refractivity contribution in [3.63, 3.8) is 0 Å². The second-order valence-corrected chi connectivity index (χ2v) is 9.97. The van der Waals surface area contributed by atoms with Crippen LogP contribution in [-0.2, 0) is 32.7 Å². The highest BCUT2D eigenvalue weighted by atomic mass is 32.1. The molecule has 0 spiro atoms. The zero-order valence-corrected chi connectivity index (χ0v) is 18.7. The number of amides is 1.